The van der Waals surface area contributed by atoms with Gasteiger partial charge in [-0.05, 0) is 46.5 Å². The Hall–Kier alpha value is -0.300. The highest BCUT2D eigenvalue weighted by Gasteiger charge is 2.31. The van der Waals surface area contributed by atoms with Crippen LogP contribution in [0.15, 0.2) is 12.7 Å². The third kappa shape index (κ3) is 5.16. The Kier molecular flexibility index (Phi) is 6.32. The first-order valence-electron chi connectivity index (χ1n) is 6.71. The molecule has 0 aromatic carbocycles. The van der Waals surface area contributed by atoms with Crippen molar-refractivity contribution in [2.24, 2.45) is 5.92 Å². The molecule has 0 aliphatic rings. The molecule has 96 valence electrons. The van der Waals surface area contributed by atoms with E-state index in [1.165, 1.54) is 19.3 Å². The van der Waals surface area contributed by atoms with Crippen molar-refractivity contribution < 1.29 is 0 Å². The van der Waals surface area contributed by atoms with Crippen LogP contribution in [0.25, 0.3) is 0 Å². The molecule has 16 heavy (non-hydrogen) atoms. The summed E-state index contributed by atoms with van der Waals surface area (Å²) < 4.78 is 0. The molecule has 0 aromatic heterocycles. The zero-order valence-corrected chi connectivity index (χ0v) is 12.2. The van der Waals surface area contributed by atoms with Gasteiger partial charge in [-0.1, -0.05) is 32.8 Å². The summed E-state index contributed by atoms with van der Waals surface area (Å²) in [4.78, 5) is 0. The first kappa shape index (κ1) is 15.7. The Bertz CT molecular complexity index is 203. The third-order valence-corrected chi connectivity index (χ3v) is 3.47. The average Bonchev–Trinajstić information content (AvgIpc) is 2.14. The van der Waals surface area contributed by atoms with Gasteiger partial charge in [-0.25, -0.2) is 0 Å². The van der Waals surface area contributed by atoms with Crippen LogP contribution in [0.5, 0.6) is 0 Å². The smallest absolute Gasteiger partial charge is 0.0192 e. The maximum atomic E-state index is 3.95. The zero-order valence-electron chi connectivity index (χ0n) is 12.2. The van der Waals surface area contributed by atoms with Crippen LogP contribution in [-0.2, 0) is 0 Å². The summed E-state index contributed by atoms with van der Waals surface area (Å²) in [5.74, 6) is 0.536. The predicted octanol–water partition coefficient (Wildman–Crippen LogP) is 4.54. The van der Waals surface area contributed by atoms with Crippen LogP contribution in [0.1, 0.15) is 67.2 Å². The summed E-state index contributed by atoms with van der Waals surface area (Å²) in [7, 11) is 0. The molecule has 1 nitrogen and oxygen atoms in total. The second kappa shape index (κ2) is 6.44. The summed E-state index contributed by atoms with van der Waals surface area (Å²) in [5, 5.41) is 3.80. The van der Waals surface area contributed by atoms with E-state index in [1.54, 1.807) is 0 Å². The predicted molar refractivity (Wildman–Crippen MR) is 74.8 cm³/mol. The Morgan fingerprint density at radius 3 is 2.12 bits per heavy atom. The summed E-state index contributed by atoms with van der Waals surface area (Å²) in [5.41, 5.74) is 0.351. The molecule has 0 rings (SSSR count). The van der Waals surface area contributed by atoms with Gasteiger partial charge in [0.1, 0.15) is 0 Å². The molecule has 0 saturated heterocycles. The molecule has 1 heteroatoms. The van der Waals surface area contributed by atoms with E-state index >= 15 is 0 Å². The van der Waals surface area contributed by atoms with Crippen molar-refractivity contribution in [2.45, 2.75) is 78.3 Å². The molecule has 0 aliphatic carbocycles. The minimum Gasteiger partial charge on any atom is -0.306 e. The fourth-order valence-corrected chi connectivity index (χ4v) is 2.62. The molecule has 0 saturated carbocycles. The van der Waals surface area contributed by atoms with Crippen LogP contribution >= 0.6 is 0 Å². The molecule has 1 atom stereocenters. The maximum Gasteiger partial charge on any atom is 0.0192 e. The van der Waals surface area contributed by atoms with Gasteiger partial charge in [0.25, 0.3) is 0 Å². The van der Waals surface area contributed by atoms with E-state index in [9.17, 15) is 0 Å². The van der Waals surface area contributed by atoms with Gasteiger partial charge in [0.05, 0.1) is 0 Å². The highest BCUT2D eigenvalue weighted by molar-refractivity contribution is 4.98. The summed E-state index contributed by atoms with van der Waals surface area (Å²) in [6.07, 6.45) is 7.03. The first-order valence-corrected chi connectivity index (χ1v) is 6.71. The fourth-order valence-electron chi connectivity index (χ4n) is 2.62. The van der Waals surface area contributed by atoms with Gasteiger partial charge in [-0.3, -0.25) is 0 Å². The van der Waals surface area contributed by atoms with Gasteiger partial charge in [0.15, 0.2) is 0 Å². The van der Waals surface area contributed by atoms with Gasteiger partial charge in [-0.15, -0.1) is 6.58 Å². The van der Waals surface area contributed by atoms with Gasteiger partial charge in [0, 0.05) is 11.1 Å². The minimum absolute atomic E-state index is 0.133. The van der Waals surface area contributed by atoms with E-state index < -0.39 is 0 Å². The van der Waals surface area contributed by atoms with Crippen LogP contribution in [0.3, 0.4) is 0 Å². The highest BCUT2D eigenvalue weighted by atomic mass is 15.0. The lowest BCUT2D eigenvalue weighted by Crippen LogP contribution is -2.55. The molecule has 0 heterocycles. The van der Waals surface area contributed by atoms with Crippen molar-refractivity contribution >= 4 is 0 Å². The molecular formula is C15H31N. The number of hydrogen-bond acceptors (Lipinski definition) is 1. The van der Waals surface area contributed by atoms with E-state index in [2.05, 4.69) is 59.5 Å². The molecule has 1 N–H and O–H groups in total. The fraction of sp³-hybridized carbons (Fsp3) is 0.867. The van der Waals surface area contributed by atoms with E-state index in [0.29, 0.717) is 5.92 Å². The van der Waals surface area contributed by atoms with Crippen LogP contribution < -0.4 is 5.32 Å². The molecule has 0 fully saturated rings. The molecule has 0 bridgehead atoms. The van der Waals surface area contributed by atoms with E-state index in [-0.39, 0.29) is 11.1 Å². The highest BCUT2D eigenvalue weighted by Crippen LogP contribution is 2.26. The zero-order chi connectivity index (χ0) is 12.8. The van der Waals surface area contributed by atoms with Crippen molar-refractivity contribution in [3.63, 3.8) is 0 Å². The summed E-state index contributed by atoms with van der Waals surface area (Å²) >= 11 is 0. The number of rotatable bonds is 8. The van der Waals surface area contributed by atoms with Gasteiger partial charge >= 0.3 is 0 Å². The molecule has 0 aliphatic heterocycles. The van der Waals surface area contributed by atoms with Crippen LogP contribution in [0.2, 0.25) is 0 Å². The van der Waals surface area contributed by atoms with Crippen molar-refractivity contribution in [2.75, 3.05) is 0 Å². The molecular weight excluding hydrogens is 194 g/mol. The standard InChI is InChI=1S/C15H31N/c1-8-11-12-14(4,5)16-15(6,7)13(9-2)10-3/h9,13,16H,2,8,10-12H2,1,3-7H3. The van der Waals surface area contributed by atoms with E-state index in [0.717, 1.165) is 6.42 Å². The second-order valence-corrected chi connectivity index (χ2v) is 6.08. The maximum absolute atomic E-state index is 3.95. The molecule has 1 unspecified atom stereocenters. The summed E-state index contributed by atoms with van der Waals surface area (Å²) in [6, 6.07) is 0. The van der Waals surface area contributed by atoms with Crippen molar-refractivity contribution in [3.05, 3.63) is 12.7 Å². The van der Waals surface area contributed by atoms with E-state index in [4.69, 9.17) is 0 Å². The quantitative estimate of drug-likeness (QED) is 0.598. The lowest BCUT2D eigenvalue weighted by atomic mass is 9.82. The molecule has 0 spiro atoms. The SMILES string of the molecule is C=CC(CC)C(C)(C)NC(C)(C)CCCC. The van der Waals surface area contributed by atoms with Crippen LogP contribution in [0.4, 0.5) is 0 Å². The van der Waals surface area contributed by atoms with Gasteiger partial charge in [-0.2, -0.15) is 0 Å². The summed E-state index contributed by atoms with van der Waals surface area (Å²) in [6.45, 7) is 17.6. The molecule has 0 radical (unpaired) electrons. The van der Waals surface area contributed by atoms with Gasteiger partial charge < -0.3 is 5.32 Å². The number of nitrogens with one attached hydrogen (secondary N) is 1. The normalized spacial score (nSPS) is 14.9. The first-order chi connectivity index (χ1) is 7.29. The van der Waals surface area contributed by atoms with Crippen molar-refractivity contribution in [1.82, 2.24) is 5.32 Å². The minimum atomic E-state index is 0.133. The average molecular weight is 225 g/mol. The third-order valence-electron chi connectivity index (χ3n) is 3.47. The lowest BCUT2D eigenvalue weighted by Gasteiger charge is -2.41. The van der Waals surface area contributed by atoms with E-state index in [1.807, 2.05) is 0 Å². The monoisotopic (exact) mass is 225 g/mol. The van der Waals surface area contributed by atoms with Gasteiger partial charge in [0.2, 0.25) is 0 Å². The lowest BCUT2D eigenvalue weighted by molar-refractivity contribution is 0.199. The van der Waals surface area contributed by atoms with Crippen LogP contribution in [-0.4, -0.2) is 11.1 Å². The molecule has 0 aromatic rings. The van der Waals surface area contributed by atoms with Crippen molar-refractivity contribution in [3.8, 4) is 0 Å². The topological polar surface area (TPSA) is 12.0 Å². The number of hydrogen-bond donors (Lipinski definition) is 1. The van der Waals surface area contributed by atoms with Crippen molar-refractivity contribution in [1.29, 1.82) is 0 Å². The Labute approximate surface area is 103 Å². The largest absolute Gasteiger partial charge is 0.306 e. The molecule has 0 amide bonds. The van der Waals surface area contributed by atoms with Crippen LogP contribution in [0, 0.1) is 5.92 Å². The Morgan fingerprint density at radius 2 is 1.75 bits per heavy atom. The Balaban J connectivity index is 4.48. The number of unbranched alkanes of at least 4 members (excludes halogenated alkanes) is 1. The second-order valence-electron chi connectivity index (χ2n) is 6.08. The Morgan fingerprint density at radius 1 is 1.19 bits per heavy atom.